The summed E-state index contributed by atoms with van der Waals surface area (Å²) in [5.41, 5.74) is 1.02. The first kappa shape index (κ1) is 14.4. The first-order chi connectivity index (χ1) is 10.3. The molecule has 0 amide bonds. The molecule has 0 unspecified atom stereocenters. The van der Waals surface area contributed by atoms with Gasteiger partial charge < -0.3 is 10.4 Å². The van der Waals surface area contributed by atoms with Gasteiger partial charge in [-0.3, -0.25) is 0 Å². The van der Waals surface area contributed by atoms with E-state index in [-0.39, 0.29) is 0 Å². The minimum absolute atomic E-state index is 0.402. The van der Waals surface area contributed by atoms with Gasteiger partial charge in [0.2, 0.25) is 0 Å². The van der Waals surface area contributed by atoms with Crippen LogP contribution in [0.2, 0.25) is 0 Å². The van der Waals surface area contributed by atoms with Gasteiger partial charge in [0, 0.05) is 12.1 Å². The minimum atomic E-state index is 0.402. The van der Waals surface area contributed by atoms with Gasteiger partial charge in [-0.05, 0) is 35.7 Å². The molecule has 2 aromatic rings. The molecule has 0 atom stereocenters. The van der Waals surface area contributed by atoms with Crippen molar-refractivity contribution in [3.63, 3.8) is 0 Å². The fourth-order valence-corrected chi connectivity index (χ4v) is 3.51. The highest BCUT2D eigenvalue weighted by Crippen LogP contribution is 2.28. The van der Waals surface area contributed by atoms with E-state index in [9.17, 15) is 5.11 Å². The average Bonchev–Trinajstić information content (AvgIpc) is 2.54. The lowest BCUT2D eigenvalue weighted by Gasteiger charge is -2.21. The van der Waals surface area contributed by atoms with Crippen molar-refractivity contribution in [2.45, 2.75) is 45.1 Å². The van der Waals surface area contributed by atoms with E-state index in [1.54, 1.807) is 6.07 Å². The second-order valence-corrected chi connectivity index (χ2v) is 6.25. The maximum Gasteiger partial charge on any atom is 0.120 e. The lowest BCUT2D eigenvalue weighted by atomic mass is 9.87. The molecule has 2 N–H and O–H groups in total. The van der Waals surface area contributed by atoms with Crippen molar-refractivity contribution in [2.24, 2.45) is 5.92 Å². The second-order valence-electron chi connectivity index (χ2n) is 6.25. The number of fused-ring (bicyclic) bond motifs is 1. The summed E-state index contributed by atoms with van der Waals surface area (Å²) in [6.45, 7) is 1.80. The molecule has 0 aromatic heterocycles. The van der Waals surface area contributed by atoms with Crippen molar-refractivity contribution in [2.75, 3.05) is 6.54 Å². The smallest absolute Gasteiger partial charge is 0.120 e. The molecule has 0 spiro atoms. The normalized spacial score (nSPS) is 16.4. The third kappa shape index (κ3) is 3.56. The summed E-state index contributed by atoms with van der Waals surface area (Å²) in [6.07, 6.45) is 8.32. The van der Waals surface area contributed by atoms with Crippen molar-refractivity contribution < 1.29 is 5.11 Å². The molecule has 21 heavy (non-hydrogen) atoms. The zero-order valence-corrected chi connectivity index (χ0v) is 12.6. The Balaban J connectivity index is 1.58. The van der Waals surface area contributed by atoms with E-state index in [1.807, 2.05) is 18.2 Å². The van der Waals surface area contributed by atoms with Crippen molar-refractivity contribution in [1.82, 2.24) is 5.32 Å². The molecule has 0 heterocycles. The molecular weight excluding hydrogens is 258 g/mol. The topological polar surface area (TPSA) is 32.3 Å². The molecule has 1 fully saturated rings. The molecule has 0 aliphatic heterocycles. The number of rotatable bonds is 5. The van der Waals surface area contributed by atoms with Crippen LogP contribution in [0.3, 0.4) is 0 Å². The first-order valence-corrected chi connectivity index (χ1v) is 8.25. The molecule has 2 aromatic carbocycles. The number of aromatic hydroxyl groups is 1. The Morgan fingerprint density at radius 3 is 2.67 bits per heavy atom. The lowest BCUT2D eigenvalue weighted by Crippen LogP contribution is -2.19. The van der Waals surface area contributed by atoms with E-state index >= 15 is 0 Å². The summed E-state index contributed by atoms with van der Waals surface area (Å²) in [6, 6.07) is 12.1. The van der Waals surface area contributed by atoms with Gasteiger partial charge in [-0.25, -0.2) is 0 Å². The van der Waals surface area contributed by atoms with Gasteiger partial charge in [-0.1, -0.05) is 62.4 Å². The van der Waals surface area contributed by atoms with Crippen LogP contribution >= 0.6 is 0 Å². The van der Waals surface area contributed by atoms with Crippen molar-refractivity contribution in [3.05, 3.63) is 42.0 Å². The number of phenols is 1. The monoisotopic (exact) mass is 283 g/mol. The summed E-state index contributed by atoms with van der Waals surface area (Å²) < 4.78 is 0. The number of nitrogens with one attached hydrogen (secondary N) is 1. The second kappa shape index (κ2) is 6.95. The van der Waals surface area contributed by atoms with E-state index in [2.05, 4.69) is 17.4 Å². The van der Waals surface area contributed by atoms with E-state index in [0.29, 0.717) is 5.75 Å². The van der Waals surface area contributed by atoms with Gasteiger partial charge in [0.05, 0.1) is 0 Å². The predicted molar refractivity (Wildman–Crippen MR) is 88.5 cm³/mol. The van der Waals surface area contributed by atoms with E-state index in [0.717, 1.165) is 30.0 Å². The van der Waals surface area contributed by atoms with Gasteiger partial charge in [0.15, 0.2) is 0 Å². The summed E-state index contributed by atoms with van der Waals surface area (Å²) in [5.74, 6) is 1.31. The Bertz CT molecular complexity index is 587. The third-order valence-corrected chi connectivity index (χ3v) is 4.77. The van der Waals surface area contributed by atoms with Crippen molar-refractivity contribution in [1.29, 1.82) is 0 Å². The SMILES string of the molecule is Oc1ccc2ccccc2c1CNCCC1CCCCC1. The standard InChI is InChI=1S/C19H25NO/c21-19-11-10-16-8-4-5-9-17(16)18(19)14-20-13-12-15-6-2-1-3-7-15/h4-5,8-11,15,20-21H,1-3,6-7,12-14H2. The van der Waals surface area contributed by atoms with E-state index in [1.165, 1.54) is 43.9 Å². The third-order valence-electron chi connectivity index (χ3n) is 4.77. The van der Waals surface area contributed by atoms with Crippen LogP contribution < -0.4 is 5.32 Å². The molecule has 2 heteroatoms. The molecule has 0 radical (unpaired) electrons. The fourth-order valence-electron chi connectivity index (χ4n) is 3.51. The molecule has 3 rings (SSSR count). The predicted octanol–water partition coefficient (Wildman–Crippen LogP) is 4.61. The highest BCUT2D eigenvalue weighted by Gasteiger charge is 2.13. The zero-order chi connectivity index (χ0) is 14.5. The number of phenolic OH excluding ortho intramolecular Hbond substituents is 1. The van der Waals surface area contributed by atoms with Crippen LogP contribution in [0.25, 0.3) is 10.8 Å². The molecule has 112 valence electrons. The molecular formula is C19H25NO. The van der Waals surface area contributed by atoms with E-state index in [4.69, 9.17) is 0 Å². The Morgan fingerprint density at radius 2 is 1.81 bits per heavy atom. The fraction of sp³-hybridized carbons (Fsp3) is 0.474. The lowest BCUT2D eigenvalue weighted by molar-refractivity contribution is 0.333. The van der Waals surface area contributed by atoms with E-state index < -0.39 is 0 Å². The van der Waals surface area contributed by atoms with Crippen LogP contribution in [-0.2, 0) is 6.54 Å². The van der Waals surface area contributed by atoms with Gasteiger partial charge in [0.1, 0.15) is 5.75 Å². The summed E-state index contributed by atoms with van der Waals surface area (Å²) in [4.78, 5) is 0. The van der Waals surface area contributed by atoms with Crippen LogP contribution in [0.5, 0.6) is 5.75 Å². The maximum atomic E-state index is 10.1. The molecule has 0 bridgehead atoms. The highest BCUT2D eigenvalue weighted by atomic mass is 16.3. The van der Waals surface area contributed by atoms with Crippen LogP contribution in [0.1, 0.15) is 44.1 Å². The van der Waals surface area contributed by atoms with Gasteiger partial charge in [-0.15, -0.1) is 0 Å². The highest BCUT2D eigenvalue weighted by molar-refractivity contribution is 5.87. The van der Waals surface area contributed by atoms with Crippen LogP contribution in [0.4, 0.5) is 0 Å². The largest absolute Gasteiger partial charge is 0.508 e. The van der Waals surface area contributed by atoms with Crippen LogP contribution in [0.15, 0.2) is 36.4 Å². The Morgan fingerprint density at radius 1 is 1.00 bits per heavy atom. The first-order valence-electron chi connectivity index (χ1n) is 8.25. The summed E-state index contributed by atoms with van der Waals surface area (Å²) in [5, 5.41) is 16.0. The zero-order valence-electron chi connectivity index (χ0n) is 12.6. The maximum absolute atomic E-state index is 10.1. The average molecular weight is 283 g/mol. The van der Waals surface area contributed by atoms with Crippen molar-refractivity contribution in [3.8, 4) is 5.75 Å². The Labute approximate surface area is 127 Å². The molecule has 0 saturated heterocycles. The quantitative estimate of drug-likeness (QED) is 0.786. The molecule has 2 nitrogen and oxygen atoms in total. The minimum Gasteiger partial charge on any atom is -0.508 e. The molecule has 1 aliphatic rings. The van der Waals surface area contributed by atoms with Gasteiger partial charge in [0.25, 0.3) is 0 Å². The van der Waals surface area contributed by atoms with Crippen molar-refractivity contribution >= 4 is 10.8 Å². The Hall–Kier alpha value is -1.54. The van der Waals surface area contributed by atoms with Crippen LogP contribution in [0, 0.1) is 5.92 Å². The van der Waals surface area contributed by atoms with Gasteiger partial charge >= 0.3 is 0 Å². The van der Waals surface area contributed by atoms with Crippen LogP contribution in [-0.4, -0.2) is 11.7 Å². The number of benzene rings is 2. The summed E-state index contributed by atoms with van der Waals surface area (Å²) in [7, 11) is 0. The Kier molecular flexibility index (Phi) is 4.76. The number of hydrogen-bond donors (Lipinski definition) is 2. The summed E-state index contributed by atoms with van der Waals surface area (Å²) >= 11 is 0. The molecule has 1 aliphatic carbocycles. The molecule has 1 saturated carbocycles. The van der Waals surface area contributed by atoms with Gasteiger partial charge in [-0.2, -0.15) is 0 Å². The number of hydrogen-bond acceptors (Lipinski definition) is 2.